The molecule has 2 N–H and O–H groups in total. The van der Waals surface area contributed by atoms with Crippen LogP contribution in [0, 0.1) is 6.92 Å². The first-order chi connectivity index (χ1) is 9.65. The highest BCUT2D eigenvalue weighted by Crippen LogP contribution is 2.24. The lowest BCUT2D eigenvalue weighted by Crippen LogP contribution is -2.07. The molecule has 0 spiro atoms. The standard InChI is InChI=1S/C16H23N3O/c1-4-13(3)19-9-8-15(18-19)11-20-16-12(2)6-5-7-14(16)10-17/h5-9,13H,4,10-11,17H2,1-3H3. The molecule has 1 heterocycles. The molecule has 2 rings (SSSR count). The zero-order valence-electron chi connectivity index (χ0n) is 12.5. The molecule has 0 aliphatic carbocycles. The normalized spacial score (nSPS) is 12.4. The number of para-hydroxylation sites is 1. The lowest BCUT2D eigenvalue weighted by Gasteiger charge is -2.12. The van der Waals surface area contributed by atoms with E-state index in [1.54, 1.807) is 0 Å². The third kappa shape index (κ3) is 3.20. The Bertz CT molecular complexity index is 563. The number of nitrogens with zero attached hydrogens (tertiary/aromatic N) is 2. The molecule has 2 aromatic rings. The van der Waals surface area contributed by atoms with Crippen LogP contribution < -0.4 is 10.5 Å². The summed E-state index contributed by atoms with van der Waals surface area (Å²) in [7, 11) is 0. The van der Waals surface area contributed by atoms with Gasteiger partial charge in [0.25, 0.3) is 0 Å². The van der Waals surface area contributed by atoms with Gasteiger partial charge in [0, 0.05) is 24.3 Å². The fraction of sp³-hybridized carbons (Fsp3) is 0.438. The molecule has 4 heteroatoms. The second-order valence-corrected chi connectivity index (χ2v) is 5.10. The summed E-state index contributed by atoms with van der Waals surface area (Å²) in [6.07, 6.45) is 3.08. The molecule has 20 heavy (non-hydrogen) atoms. The molecule has 108 valence electrons. The van der Waals surface area contributed by atoms with Crippen molar-refractivity contribution >= 4 is 0 Å². The Labute approximate surface area is 120 Å². The van der Waals surface area contributed by atoms with E-state index < -0.39 is 0 Å². The Hall–Kier alpha value is -1.81. The Balaban J connectivity index is 2.07. The minimum Gasteiger partial charge on any atom is -0.487 e. The fourth-order valence-corrected chi connectivity index (χ4v) is 2.11. The van der Waals surface area contributed by atoms with E-state index in [2.05, 4.69) is 18.9 Å². The molecule has 4 nitrogen and oxygen atoms in total. The minimum absolute atomic E-state index is 0.418. The van der Waals surface area contributed by atoms with Crippen molar-refractivity contribution in [2.75, 3.05) is 0 Å². The molecule has 1 aromatic carbocycles. The Morgan fingerprint density at radius 1 is 1.35 bits per heavy atom. The van der Waals surface area contributed by atoms with Crippen molar-refractivity contribution in [1.29, 1.82) is 0 Å². The maximum Gasteiger partial charge on any atom is 0.132 e. The van der Waals surface area contributed by atoms with Crippen molar-refractivity contribution in [3.8, 4) is 5.75 Å². The highest BCUT2D eigenvalue weighted by atomic mass is 16.5. The van der Waals surface area contributed by atoms with Crippen molar-refractivity contribution in [3.05, 3.63) is 47.3 Å². The predicted octanol–water partition coefficient (Wildman–Crippen LogP) is 3.20. The van der Waals surface area contributed by atoms with Gasteiger partial charge in [-0.1, -0.05) is 25.1 Å². The highest BCUT2D eigenvalue weighted by molar-refractivity contribution is 5.40. The van der Waals surface area contributed by atoms with E-state index in [0.29, 0.717) is 19.2 Å². The van der Waals surface area contributed by atoms with Gasteiger partial charge in [-0.2, -0.15) is 5.10 Å². The molecule has 0 amide bonds. The van der Waals surface area contributed by atoms with Gasteiger partial charge in [-0.15, -0.1) is 0 Å². The Morgan fingerprint density at radius 3 is 2.85 bits per heavy atom. The topological polar surface area (TPSA) is 53.1 Å². The molecular weight excluding hydrogens is 250 g/mol. The molecule has 1 unspecified atom stereocenters. The van der Waals surface area contributed by atoms with Crippen LogP contribution in [0.5, 0.6) is 5.75 Å². The van der Waals surface area contributed by atoms with Crippen LogP contribution in [0.25, 0.3) is 0 Å². The number of hydrogen-bond acceptors (Lipinski definition) is 3. The third-order valence-corrected chi connectivity index (χ3v) is 3.58. The zero-order valence-corrected chi connectivity index (χ0v) is 12.5. The minimum atomic E-state index is 0.418. The van der Waals surface area contributed by atoms with Gasteiger partial charge in [0.2, 0.25) is 0 Å². The molecule has 0 fully saturated rings. The molecule has 0 saturated heterocycles. The van der Waals surface area contributed by atoms with E-state index in [4.69, 9.17) is 10.5 Å². The first-order valence-electron chi connectivity index (χ1n) is 7.11. The van der Waals surface area contributed by atoms with Crippen LogP contribution in [0.15, 0.2) is 30.5 Å². The first-order valence-corrected chi connectivity index (χ1v) is 7.11. The Kier molecular flexibility index (Phi) is 4.79. The van der Waals surface area contributed by atoms with Crippen LogP contribution in [0.2, 0.25) is 0 Å². The van der Waals surface area contributed by atoms with Crippen molar-refractivity contribution < 1.29 is 4.74 Å². The number of hydrogen-bond donors (Lipinski definition) is 1. The van der Waals surface area contributed by atoms with E-state index in [1.807, 2.05) is 42.1 Å². The monoisotopic (exact) mass is 273 g/mol. The molecule has 0 aliphatic rings. The van der Waals surface area contributed by atoms with Gasteiger partial charge < -0.3 is 10.5 Å². The van der Waals surface area contributed by atoms with Crippen molar-refractivity contribution in [3.63, 3.8) is 0 Å². The summed E-state index contributed by atoms with van der Waals surface area (Å²) in [5.74, 6) is 0.882. The Morgan fingerprint density at radius 2 is 2.15 bits per heavy atom. The van der Waals surface area contributed by atoms with E-state index in [-0.39, 0.29) is 0 Å². The van der Waals surface area contributed by atoms with Gasteiger partial charge in [-0.25, -0.2) is 0 Å². The number of benzene rings is 1. The molecule has 0 saturated carbocycles. The lowest BCUT2D eigenvalue weighted by atomic mass is 10.1. The maximum absolute atomic E-state index is 5.92. The maximum atomic E-state index is 5.92. The summed E-state index contributed by atoms with van der Waals surface area (Å²) >= 11 is 0. The average molecular weight is 273 g/mol. The molecule has 0 bridgehead atoms. The summed E-state index contributed by atoms with van der Waals surface area (Å²) in [6, 6.07) is 8.46. The van der Waals surface area contributed by atoms with E-state index >= 15 is 0 Å². The van der Waals surface area contributed by atoms with Gasteiger partial charge in [0.15, 0.2) is 0 Å². The number of aromatic nitrogens is 2. The van der Waals surface area contributed by atoms with Crippen LogP contribution in [0.3, 0.4) is 0 Å². The van der Waals surface area contributed by atoms with Crippen LogP contribution in [-0.4, -0.2) is 9.78 Å². The SMILES string of the molecule is CCC(C)n1ccc(COc2c(C)cccc2CN)n1. The largest absolute Gasteiger partial charge is 0.487 e. The van der Waals surface area contributed by atoms with Crippen molar-refractivity contribution in [2.24, 2.45) is 5.73 Å². The second kappa shape index (κ2) is 6.57. The summed E-state index contributed by atoms with van der Waals surface area (Å²) < 4.78 is 7.90. The van der Waals surface area contributed by atoms with Crippen LogP contribution in [0.4, 0.5) is 0 Å². The van der Waals surface area contributed by atoms with Gasteiger partial charge >= 0.3 is 0 Å². The van der Waals surface area contributed by atoms with Gasteiger partial charge in [-0.05, 0) is 31.9 Å². The molecule has 0 radical (unpaired) electrons. The van der Waals surface area contributed by atoms with Crippen molar-refractivity contribution in [1.82, 2.24) is 9.78 Å². The highest BCUT2D eigenvalue weighted by Gasteiger charge is 2.08. The van der Waals surface area contributed by atoms with Crippen LogP contribution >= 0.6 is 0 Å². The third-order valence-electron chi connectivity index (χ3n) is 3.58. The van der Waals surface area contributed by atoms with Crippen LogP contribution in [-0.2, 0) is 13.2 Å². The lowest BCUT2D eigenvalue weighted by molar-refractivity contribution is 0.293. The number of nitrogens with two attached hydrogens (primary N) is 1. The first kappa shape index (κ1) is 14.6. The van der Waals surface area contributed by atoms with Gasteiger partial charge in [0.05, 0.1) is 5.69 Å². The average Bonchev–Trinajstić information content (AvgIpc) is 2.93. The molecule has 0 aliphatic heterocycles. The van der Waals surface area contributed by atoms with Gasteiger partial charge in [-0.3, -0.25) is 4.68 Å². The van der Waals surface area contributed by atoms with E-state index in [1.165, 1.54) is 0 Å². The number of rotatable bonds is 6. The molecule has 1 atom stereocenters. The quantitative estimate of drug-likeness (QED) is 0.879. The fourth-order valence-electron chi connectivity index (χ4n) is 2.11. The number of aryl methyl sites for hydroxylation is 1. The summed E-state index contributed by atoms with van der Waals surface area (Å²) in [6.45, 7) is 7.31. The molecule has 1 aromatic heterocycles. The summed E-state index contributed by atoms with van der Waals surface area (Å²) in [5, 5.41) is 4.54. The van der Waals surface area contributed by atoms with Gasteiger partial charge in [0.1, 0.15) is 12.4 Å². The zero-order chi connectivity index (χ0) is 14.5. The van der Waals surface area contributed by atoms with E-state index in [9.17, 15) is 0 Å². The summed E-state index contributed by atoms with van der Waals surface area (Å²) in [5.41, 5.74) is 8.83. The van der Waals surface area contributed by atoms with E-state index in [0.717, 1.165) is 29.0 Å². The summed E-state index contributed by atoms with van der Waals surface area (Å²) in [4.78, 5) is 0. The van der Waals surface area contributed by atoms with Crippen molar-refractivity contribution in [2.45, 2.75) is 46.4 Å². The predicted molar refractivity (Wildman–Crippen MR) is 80.6 cm³/mol. The second-order valence-electron chi connectivity index (χ2n) is 5.10. The molecular formula is C16H23N3O. The number of ether oxygens (including phenoxy) is 1. The smallest absolute Gasteiger partial charge is 0.132 e. The van der Waals surface area contributed by atoms with Crippen LogP contribution in [0.1, 0.15) is 43.1 Å².